The third-order valence-electron chi connectivity index (χ3n) is 5.33. The van der Waals surface area contributed by atoms with E-state index in [2.05, 4.69) is 32.2 Å². The molecule has 1 saturated heterocycles. The molecule has 0 spiro atoms. The van der Waals surface area contributed by atoms with Crippen molar-refractivity contribution in [1.82, 2.24) is 0 Å². The second-order valence-electron chi connectivity index (χ2n) is 7.57. The minimum absolute atomic E-state index is 0.0184. The predicted octanol–water partition coefficient (Wildman–Crippen LogP) is 4.67. The molecule has 1 fully saturated rings. The van der Waals surface area contributed by atoms with Gasteiger partial charge < -0.3 is 10.2 Å². The van der Waals surface area contributed by atoms with E-state index < -0.39 is 0 Å². The van der Waals surface area contributed by atoms with E-state index in [1.165, 1.54) is 0 Å². The SMILES string of the molecule is CCc1ccccc1N1CC(C(=O)Nc2c(C)cccc2C(C)C)CC1=O. The van der Waals surface area contributed by atoms with E-state index in [1.807, 2.05) is 43.3 Å². The molecule has 27 heavy (non-hydrogen) atoms. The molecule has 0 bridgehead atoms. The maximum Gasteiger partial charge on any atom is 0.229 e. The Morgan fingerprint density at radius 1 is 1.19 bits per heavy atom. The highest BCUT2D eigenvalue weighted by Gasteiger charge is 2.36. The first-order valence-electron chi connectivity index (χ1n) is 9.71. The van der Waals surface area contributed by atoms with Crippen molar-refractivity contribution in [1.29, 1.82) is 0 Å². The van der Waals surface area contributed by atoms with Gasteiger partial charge in [-0.05, 0) is 42.0 Å². The zero-order valence-corrected chi connectivity index (χ0v) is 16.6. The number of aryl methyl sites for hydroxylation is 2. The molecule has 0 radical (unpaired) electrons. The lowest BCUT2D eigenvalue weighted by atomic mass is 9.97. The summed E-state index contributed by atoms with van der Waals surface area (Å²) in [6.45, 7) is 8.75. The molecule has 0 aromatic heterocycles. The standard InChI is InChI=1S/C23H28N2O2/c1-5-17-10-6-7-12-20(17)25-14-18(13-21(25)26)23(27)24-22-16(4)9-8-11-19(22)15(2)3/h6-12,15,18H,5,13-14H2,1-4H3,(H,24,27). The minimum Gasteiger partial charge on any atom is -0.325 e. The summed E-state index contributed by atoms with van der Waals surface area (Å²) < 4.78 is 0. The van der Waals surface area contributed by atoms with Gasteiger partial charge in [-0.1, -0.05) is 57.2 Å². The fourth-order valence-corrected chi connectivity index (χ4v) is 3.76. The zero-order chi connectivity index (χ0) is 19.6. The fourth-order valence-electron chi connectivity index (χ4n) is 3.76. The number of hydrogen-bond acceptors (Lipinski definition) is 2. The van der Waals surface area contributed by atoms with Crippen molar-refractivity contribution in [2.75, 3.05) is 16.8 Å². The van der Waals surface area contributed by atoms with E-state index in [0.717, 1.165) is 34.5 Å². The molecule has 2 aromatic rings. The number of nitrogens with zero attached hydrogens (tertiary/aromatic N) is 1. The van der Waals surface area contributed by atoms with Crippen LogP contribution in [0.2, 0.25) is 0 Å². The highest BCUT2D eigenvalue weighted by Crippen LogP contribution is 2.31. The second kappa shape index (κ2) is 7.95. The Morgan fingerprint density at radius 2 is 1.93 bits per heavy atom. The van der Waals surface area contributed by atoms with Gasteiger partial charge in [-0.25, -0.2) is 0 Å². The van der Waals surface area contributed by atoms with Gasteiger partial charge in [-0.2, -0.15) is 0 Å². The molecule has 2 amide bonds. The Labute approximate surface area is 161 Å². The number of hydrogen-bond donors (Lipinski definition) is 1. The van der Waals surface area contributed by atoms with E-state index in [-0.39, 0.29) is 24.2 Å². The van der Waals surface area contributed by atoms with Crippen LogP contribution in [0.3, 0.4) is 0 Å². The smallest absolute Gasteiger partial charge is 0.229 e. The van der Waals surface area contributed by atoms with E-state index >= 15 is 0 Å². The molecule has 142 valence electrons. The normalized spacial score (nSPS) is 16.9. The molecule has 4 nitrogen and oxygen atoms in total. The quantitative estimate of drug-likeness (QED) is 0.838. The number of rotatable bonds is 5. The van der Waals surface area contributed by atoms with Crippen LogP contribution in [-0.4, -0.2) is 18.4 Å². The molecule has 4 heteroatoms. The van der Waals surface area contributed by atoms with Gasteiger partial charge in [-0.15, -0.1) is 0 Å². The van der Waals surface area contributed by atoms with E-state index in [1.54, 1.807) is 4.90 Å². The molecule has 1 heterocycles. The lowest BCUT2D eigenvalue weighted by Gasteiger charge is -2.21. The summed E-state index contributed by atoms with van der Waals surface area (Å²) in [6.07, 6.45) is 1.12. The van der Waals surface area contributed by atoms with Crippen molar-refractivity contribution >= 4 is 23.2 Å². The summed E-state index contributed by atoms with van der Waals surface area (Å²) in [5, 5.41) is 3.11. The number of benzene rings is 2. The first kappa shape index (κ1) is 19.2. The third kappa shape index (κ3) is 3.90. The van der Waals surface area contributed by atoms with Crippen LogP contribution in [0.4, 0.5) is 11.4 Å². The number of carbonyl (C=O) groups is 2. The molecular formula is C23H28N2O2. The molecule has 1 N–H and O–H groups in total. The highest BCUT2D eigenvalue weighted by molar-refractivity contribution is 6.04. The van der Waals surface area contributed by atoms with Gasteiger partial charge in [-0.3, -0.25) is 9.59 Å². The number of anilines is 2. The van der Waals surface area contributed by atoms with E-state index in [0.29, 0.717) is 12.5 Å². The topological polar surface area (TPSA) is 49.4 Å². The lowest BCUT2D eigenvalue weighted by Crippen LogP contribution is -2.29. The van der Waals surface area contributed by atoms with Gasteiger partial charge in [0.05, 0.1) is 5.92 Å². The molecular weight excluding hydrogens is 336 g/mol. The molecule has 1 unspecified atom stereocenters. The summed E-state index contributed by atoms with van der Waals surface area (Å²) in [6, 6.07) is 14.0. The Hall–Kier alpha value is -2.62. The van der Waals surface area contributed by atoms with Crippen molar-refractivity contribution < 1.29 is 9.59 Å². The van der Waals surface area contributed by atoms with Gasteiger partial charge in [0.25, 0.3) is 0 Å². The number of amides is 2. The van der Waals surface area contributed by atoms with Crippen LogP contribution in [0.5, 0.6) is 0 Å². The first-order chi connectivity index (χ1) is 12.9. The van der Waals surface area contributed by atoms with Crippen LogP contribution < -0.4 is 10.2 Å². The second-order valence-corrected chi connectivity index (χ2v) is 7.57. The maximum atomic E-state index is 12.9. The maximum absolute atomic E-state index is 12.9. The Bertz CT molecular complexity index is 857. The van der Waals surface area contributed by atoms with Crippen molar-refractivity contribution in [3.63, 3.8) is 0 Å². The van der Waals surface area contributed by atoms with E-state index in [4.69, 9.17) is 0 Å². The van der Waals surface area contributed by atoms with Crippen LogP contribution in [0.1, 0.15) is 49.8 Å². The zero-order valence-electron chi connectivity index (χ0n) is 16.6. The fraction of sp³-hybridized carbons (Fsp3) is 0.391. The Balaban J connectivity index is 1.79. The first-order valence-corrected chi connectivity index (χ1v) is 9.71. The average Bonchev–Trinajstić information content (AvgIpc) is 3.04. The molecule has 3 rings (SSSR count). The molecule has 1 atom stereocenters. The van der Waals surface area contributed by atoms with Gasteiger partial charge in [0, 0.05) is 24.3 Å². The van der Waals surface area contributed by atoms with Gasteiger partial charge in [0.15, 0.2) is 0 Å². The summed E-state index contributed by atoms with van der Waals surface area (Å²) in [5.74, 6) is -0.0682. The van der Waals surface area contributed by atoms with Crippen LogP contribution in [0.15, 0.2) is 42.5 Å². The Kier molecular flexibility index (Phi) is 5.64. The predicted molar refractivity (Wildman–Crippen MR) is 110 cm³/mol. The third-order valence-corrected chi connectivity index (χ3v) is 5.33. The number of para-hydroxylation sites is 2. The van der Waals surface area contributed by atoms with Gasteiger partial charge in [0.2, 0.25) is 11.8 Å². The minimum atomic E-state index is -0.331. The summed E-state index contributed by atoms with van der Waals surface area (Å²) in [4.78, 5) is 27.3. The molecule has 1 aliphatic heterocycles. The number of carbonyl (C=O) groups excluding carboxylic acids is 2. The van der Waals surface area contributed by atoms with Crippen molar-refractivity contribution in [3.05, 3.63) is 59.2 Å². The Morgan fingerprint density at radius 3 is 2.63 bits per heavy atom. The van der Waals surface area contributed by atoms with Crippen molar-refractivity contribution in [2.45, 2.75) is 46.5 Å². The molecule has 0 saturated carbocycles. The summed E-state index contributed by atoms with van der Waals surface area (Å²) in [7, 11) is 0. The average molecular weight is 364 g/mol. The van der Waals surface area contributed by atoms with Crippen molar-refractivity contribution in [2.24, 2.45) is 5.92 Å². The van der Waals surface area contributed by atoms with E-state index in [9.17, 15) is 9.59 Å². The van der Waals surface area contributed by atoms with Crippen LogP contribution in [0.25, 0.3) is 0 Å². The molecule has 0 aliphatic carbocycles. The van der Waals surface area contributed by atoms with Crippen LogP contribution in [0, 0.1) is 12.8 Å². The van der Waals surface area contributed by atoms with Crippen molar-refractivity contribution in [3.8, 4) is 0 Å². The molecule has 1 aliphatic rings. The van der Waals surface area contributed by atoms with Crippen LogP contribution >= 0.6 is 0 Å². The number of nitrogens with one attached hydrogen (secondary N) is 1. The summed E-state index contributed by atoms with van der Waals surface area (Å²) >= 11 is 0. The molecule has 2 aromatic carbocycles. The monoisotopic (exact) mass is 364 g/mol. The summed E-state index contributed by atoms with van der Waals surface area (Å²) in [5.41, 5.74) is 5.12. The van der Waals surface area contributed by atoms with Gasteiger partial charge in [0.1, 0.15) is 0 Å². The highest BCUT2D eigenvalue weighted by atomic mass is 16.2. The largest absolute Gasteiger partial charge is 0.325 e. The van der Waals surface area contributed by atoms with Crippen LogP contribution in [-0.2, 0) is 16.0 Å². The van der Waals surface area contributed by atoms with Gasteiger partial charge >= 0.3 is 0 Å². The lowest BCUT2D eigenvalue weighted by molar-refractivity contribution is -0.122.